The third-order valence-electron chi connectivity index (χ3n) is 8.71. The van der Waals surface area contributed by atoms with E-state index in [0.29, 0.717) is 0 Å². The molecule has 0 saturated heterocycles. The van der Waals surface area contributed by atoms with Crippen LogP contribution in [0.4, 0.5) is 0 Å². The zero-order valence-electron chi connectivity index (χ0n) is 22.0. The van der Waals surface area contributed by atoms with Crippen molar-refractivity contribution in [3.8, 4) is 11.8 Å². The second kappa shape index (κ2) is 13.9. The van der Waals surface area contributed by atoms with Gasteiger partial charge in [-0.15, -0.1) is 23.2 Å². The predicted molar refractivity (Wildman–Crippen MR) is 145 cm³/mol. The molecule has 0 aliphatic heterocycles. The topological polar surface area (TPSA) is 0 Å². The summed E-state index contributed by atoms with van der Waals surface area (Å²) < 4.78 is 0. The first kappa shape index (κ1) is 28.4. The number of halogens is 2. The average molecular weight is 484 g/mol. The molecule has 2 atom stereocenters. The third kappa shape index (κ3) is 8.73. The van der Waals surface area contributed by atoms with Gasteiger partial charge in [-0.3, -0.25) is 0 Å². The molecule has 32 heavy (non-hydrogen) atoms. The summed E-state index contributed by atoms with van der Waals surface area (Å²) >= 11 is 13.6. The van der Waals surface area contributed by atoms with E-state index >= 15 is 0 Å². The second-order valence-electron chi connectivity index (χ2n) is 12.3. The van der Waals surface area contributed by atoms with Gasteiger partial charge in [0.05, 0.1) is 10.8 Å². The predicted octanol–water partition coefficient (Wildman–Crippen LogP) is 10.4. The molecule has 0 N–H and O–H groups in total. The fourth-order valence-corrected chi connectivity index (χ4v) is 6.64. The van der Waals surface area contributed by atoms with Gasteiger partial charge >= 0.3 is 0 Å². The first-order chi connectivity index (χ1) is 15.2. The van der Waals surface area contributed by atoms with Crippen LogP contribution in [0.1, 0.15) is 137 Å². The molecular weight excluding hydrogens is 431 g/mol. The third-order valence-corrected chi connectivity index (χ3v) is 10.0. The fourth-order valence-electron chi connectivity index (χ4n) is 6.19. The summed E-state index contributed by atoms with van der Waals surface area (Å²) in [6.07, 6.45) is 22.0. The normalized spacial score (nSPS) is 30.9. The lowest BCUT2D eigenvalue weighted by molar-refractivity contribution is 0.0880. The van der Waals surface area contributed by atoms with E-state index in [1.165, 1.54) is 103 Å². The van der Waals surface area contributed by atoms with Crippen LogP contribution in [-0.4, -0.2) is 10.8 Å². The number of rotatable bonds is 10. The smallest absolute Gasteiger partial charge is 0.0999 e. The van der Waals surface area contributed by atoms with Gasteiger partial charge in [0, 0.05) is 0 Å². The molecule has 0 amide bonds. The van der Waals surface area contributed by atoms with Crippen LogP contribution in [0.2, 0.25) is 0 Å². The van der Waals surface area contributed by atoms with E-state index in [4.69, 9.17) is 23.2 Å². The monoisotopic (exact) mass is 482 g/mol. The molecule has 2 rings (SSSR count). The van der Waals surface area contributed by atoms with E-state index in [1.807, 2.05) is 0 Å². The van der Waals surface area contributed by atoms with Crippen molar-refractivity contribution >= 4 is 23.2 Å². The zero-order valence-corrected chi connectivity index (χ0v) is 23.5. The number of hydrogen-bond donors (Lipinski definition) is 0. The SMILES string of the molecule is CCCCCC1CCC(C2CCC(CCCCC)(C(Cl)C#CC(Cl)C(C)(C)C)CC2)CC1. The van der Waals surface area contributed by atoms with Gasteiger partial charge in [-0.05, 0) is 73.5 Å². The molecule has 2 saturated carbocycles. The summed E-state index contributed by atoms with van der Waals surface area (Å²) in [5.41, 5.74) is 0.194. The van der Waals surface area contributed by atoms with Crippen molar-refractivity contribution in [2.45, 2.75) is 148 Å². The molecule has 2 aliphatic carbocycles. The summed E-state index contributed by atoms with van der Waals surface area (Å²) in [7, 11) is 0. The van der Waals surface area contributed by atoms with Crippen molar-refractivity contribution in [1.82, 2.24) is 0 Å². The van der Waals surface area contributed by atoms with Crippen molar-refractivity contribution in [3.63, 3.8) is 0 Å². The van der Waals surface area contributed by atoms with E-state index in [-0.39, 0.29) is 21.6 Å². The van der Waals surface area contributed by atoms with Gasteiger partial charge in [-0.2, -0.15) is 0 Å². The highest BCUT2D eigenvalue weighted by Gasteiger charge is 2.42. The molecule has 0 bridgehead atoms. The Kier molecular flexibility index (Phi) is 12.3. The van der Waals surface area contributed by atoms with Gasteiger partial charge in [0.25, 0.3) is 0 Å². The van der Waals surface area contributed by atoms with E-state index in [0.717, 1.165) is 17.8 Å². The van der Waals surface area contributed by atoms with Crippen LogP contribution in [0.15, 0.2) is 0 Å². The number of unbranched alkanes of at least 4 members (excludes halogenated alkanes) is 4. The molecule has 0 heterocycles. The molecule has 186 valence electrons. The highest BCUT2D eigenvalue weighted by molar-refractivity contribution is 6.24. The summed E-state index contributed by atoms with van der Waals surface area (Å²) in [4.78, 5) is 0. The van der Waals surface area contributed by atoms with Crippen LogP contribution in [0.25, 0.3) is 0 Å². The van der Waals surface area contributed by atoms with E-state index in [1.54, 1.807) is 0 Å². The summed E-state index contributed by atoms with van der Waals surface area (Å²) in [6, 6.07) is 0. The molecule has 0 spiro atoms. The maximum atomic E-state index is 7.07. The van der Waals surface area contributed by atoms with Gasteiger partial charge in [-0.1, -0.05) is 104 Å². The molecule has 2 aliphatic rings. The first-order valence-electron chi connectivity index (χ1n) is 14.0. The van der Waals surface area contributed by atoms with E-state index < -0.39 is 0 Å². The average Bonchev–Trinajstić information content (AvgIpc) is 2.78. The van der Waals surface area contributed by atoms with Crippen LogP contribution in [0.5, 0.6) is 0 Å². The lowest BCUT2D eigenvalue weighted by atomic mass is 9.61. The van der Waals surface area contributed by atoms with Gasteiger partial charge in [-0.25, -0.2) is 0 Å². The molecular formula is C30H52Cl2. The van der Waals surface area contributed by atoms with E-state index in [2.05, 4.69) is 46.5 Å². The molecule has 0 aromatic heterocycles. The minimum absolute atomic E-state index is 0.00637. The highest BCUT2D eigenvalue weighted by atomic mass is 35.5. The van der Waals surface area contributed by atoms with Crippen molar-refractivity contribution < 1.29 is 0 Å². The fraction of sp³-hybridized carbons (Fsp3) is 0.933. The summed E-state index contributed by atoms with van der Waals surface area (Å²) in [5, 5.41) is -0.196. The maximum absolute atomic E-state index is 7.07. The van der Waals surface area contributed by atoms with Crippen LogP contribution >= 0.6 is 23.2 Å². The Labute approximate surface area is 211 Å². The number of alkyl halides is 2. The molecule has 2 fully saturated rings. The minimum Gasteiger partial charge on any atom is -0.108 e. The van der Waals surface area contributed by atoms with Gasteiger partial charge in [0.2, 0.25) is 0 Å². The quantitative estimate of drug-likeness (QED) is 0.165. The maximum Gasteiger partial charge on any atom is 0.0999 e. The van der Waals surface area contributed by atoms with Crippen molar-refractivity contribution in [2.75, 3.05) is 0 Å². The Balaban J connectivity index is 1.93. The van der Waals surface area contributed by atoms with Gasteiger partial charge in [0.15, 0.2) is 0 Å². The van der Waals surface area contributed by atoms with E-state index in [9.17, 15) is 0 Å². The Bertz CT molecular complexity index is 562. The molecule has 0 nitrogen and oxygen atoms in total. The number of hydrogen-bond acceptors (Lipinski definition) is 0. The highest BCUT2D eigenvalue weighted by Crippen LogP contribution is 2.51. The Morgan fingerprint density at radius 2 is 1.34 bits per heavy atom. The van der Waals surface area contributed by atoms with Crippen LogP contribution in [-0.2, 0) is 0 Å². The summed E-state index contributed by atoms with van der Waals surface area (Å²) in [6.45, 7) is 11.1. The molecule has 0 aromatic carbocycles. The Morgan fingerprint density at radius 3 is 1.91 bits per heavy atom. The molecule has 2 unspecified atom stereocenters. The van der Waals surface area contributed by atoms with Gasteiger partial charge < -0.3 is 0 Å². The largest absolute Gasteiger partial charge is 0.108 e. The van der Waals surface area contributed by atoms with Crippen molar-refractivity contribution in [1.29, 1.82) is 0 Å². The summed E-state index contributed by atoms with van der Waals surface area (Å²) in [5.74, 6) is 9.67. The lowest BCUT2D eigenvalue weighted by Gasteiger charge is -2.45. The van der Waals surface area contributed by atoms with Crippen molar-refractivity contribution in [2.24, 2.45) is 28.6 Å². The first-order valence-corrected chi connectivity index (χ1v) is 14.9. The Hall–Kier alpha value is 0.140. The molecule has 0 radical (unpaired) electrons. The van der Waals surface area contributed by atoms with Gasteiger partial charge in [0.1, 0.15) is 0 Å². The van der Waals surface area contributed by atoms with Crippen LogP contribution < -0.4 is 0 Å². The lowest BCUT2D eigenvalue weighted by Crippen LogP contribution is -2.37. The molecule has 2 heteroatoms. The van der Waals surface area contributed by atoms with Crippen LogP contribution in [0, 0.1) is 40.4 Å². The zero-order chi connectivity index (χ0) is 23.6. The Morgan fingerprint density at radius 1 is 0.781 bits per heavy atom. The van der Waals surface area contributed by atoms with Crippen molar-refractivity contribution in [3.05, 3.63) is 0 Å². The molecule has 0 aromatic rings. The van der Waals surface area contributed by atoms with Crippen LogP contribution in [0.3, 0.4) is 0 Å². The second-order valence-corrected chi connectivity index (χ2v) is 13.2. The minimum atomic E-state index is -0.139. The standard InChI is InChI=1S/C30H52Cl2/c1-6-8-10-12-24-13-15-25(16-14-24)26-19-22-30(23-20-26,21-11-9-7-2)28(32)18-17-27(31)29(3,4)5/h24-28H,6-16,19-23H2,1-5H3.